The highest BCUT2D eigenvalue weighted by molar-refractivity contribution is 6.30. The summed E-state index contributed by atoms with van der Waals surface area (Å²) in [6, 6.07) is 12.7. The molecule has 1 aromatic heterocycles. The molecule has 3 rings (SSSR count). The van der Waals surface area contributed by atoms with Crippen LogP contribution < -0.4 is 10.1 Å². The summed E-state index contributed by atoms with van der Waals surface area (Å²) in [7, 11) is 0. The van der Waals surface area contributed by atoms with Crippen molar-refractivity contribution in [3.63, 3.8) is 0 Å². The molecule has 0 saturated heterocycles. The van der Waals surface area contributed by atoms with Crippen molar-refractivity contribution >= 4 is 23.5 Å². The SMILES string of the molecule is Cc1ccc(OC(C)C(=O)Nc2noc(-c3cccc(Cl)c3)n2)cc1C. The second kappa shape index (κ2) is 7.58. The van der Waals surface area contributed by atoms with E-state index in [0.29, 0.717) is 16.3 Å². The van der Waals surface area contributed by atoms with Crippen LogP contribution in [0.3, 0.4) is 0 Å². The number of hydrogen-bond acceptors (Lipinski definition) is 5. The van der Waals surface area contributed by atoms with Gasteiger partial charge in [-0.15, -0.1) is 0 Å². The van der Waals surface area contributed by atoms with Gasteiger partial charge in [0, 0.05) is 10.6 Å². The molecule has 0 aliphatic carbocycles. The highest BCUT2D eigenvalue weighted by Gasteiger charge is 2.18. The van der Waals surface area contributed by atoms with Crippen molar-refractivity contribution in [2.45, 2.75) is 26.9 Å². The van der Waals surface area contributed by atoms with Crippen LogP contribution in [0.2, 0.25) is 5.02 Å². The minimum absolute atomic E-state index is 0.0699. The van der Waals surface area contributed by atoms with Gasteiger partial charge in [0.2, 0.25) is 0 Å². The number of carbonyl (C=O) groups is 1. The van der Waals surface area contributed by atoms with Crippen LogP contribution in [0.15, 0.2) is 47.0 Å². The molecule has 2 aromatic carbocycles. The zero-order valence-electron chi connectivity index (χ0n) is 14.6. The zero-order chi connectivity index (χ0) is 18.7. The third kappa shape index (κ3) is 4.21. The van der Waals surface area contributed by atoms with E-state index in [0.717, 1.165) is 11.1 Å². The number of nitrogens with zero attached hydrogens (tertiary/aromatic N) is 2. The van der Waals surface area contributed by atoms with Gasteiger partial charge in [0.1, 0.15) is 5.75 Å². The summed E-state index contributed by atoms with van der Waals surface area (Å²) in [4.78, 5) is 16.4. The fourth-order valence-corrected chi connectivity index (χ4v) is 2.46. The van der Waals surface area contributed by atoms with E-state index in [1.54, 1.807) is 31.2 Å². The second-order valence-corrected chi connectivity index (χ2v) is 6.37. The molecule has 1 heterocycles. The van der Waals surface area contributed by atoms with E-state index in [4.69, 9.17) is 20.9 Å². The number of nitrogens with one attached hydrogen (secondary N) is 1. The van der Waals surface area contributed by atoms with Gasteiger partial charge in [0.05, 0.1) is 0 Å². The lowest BCUT2D eigenvalue weighted by atomic mass is 10.1. The van der Waals surface area contributed by atoms with Gasteiger partial charge in [0.25, 0.3) is 17.7 Å². The van der Waals surface area contributed by atoms with Gasteiger partial charge in [-0.25, -0.2) is 0 Å². The molecule has 134 valence electrons. The van der Waals surface area contributed by atoms with Crippen molar-refractivity contribution in [2.24, 2.45) is 0 Å². The molecule has 1 N–H and O–H groups in total. The first kappa shape index (κ1) is 17.9. The third-order valence-electron chi connectivity index (χ3n) is 3.89. The molecule has 26 heavy (non-hydrogen) atoms. The summed E-state index contributed by atoms with van der Waals surface area (Å²) in [5.74, 6) is 0.594. The minimum Gasteiger partial charge on any atom is -0.481 e. The maximum absolute atomic E-state index is 12.3. The largest absolute Gasteiger partial charge is 0.481 e. The van der Waals surface area contributed by atoms with Crippen LogP contribution >= 0.6 is 11.6 Å². The topological polar surface area (TPSA) is 77.2 Å². The number of aromatic nitrogens is 2. The van der Waals surface area contributed by atoms with Crippen LogP contribution in [0.1, 0.15) is 18.1 Å². The van der Waals surface area contributed by atoms with Gasteiger partial charge in [-0.1, -0.05) is 23.7 Å². The van der Waals surface area contributed by atoms with E-state index in [1.807, 2.05) is 32.0 Å². The van der Waals surface area contributed by atoms with E-state index in [2.05, 4.69) is 15.5 Å². The molecule has 0 fully saturated rings. The lowest BCUT2D eigenvalue weighted by molar-refractivity contribution is -0.122. The fraction of sp³-hybridized carbons (Fsp3) is 0.211. The highest BCUT2D eigenvalue weighted by Crippen LogP contribution is 2.22. The molecule has 1 unspecified atom stereocenters. The number of rotatable bonds is 5. The van der Waals surface area contributed by atoms with E-state index >= 15 is 0 Å². The van der Waals surface area contributed by atoms with Gasteiger partial charge < -0.3 is 9.26 Å². The monoisotopic (exact) mass is 371 g/mol. The van der Waals surface area contributed by atoms with Gasteiger partial charge in [-0.2, -0.15) is 4.98 Å². The third-order valence-corrected chi connectivity index (χ3v) is 4.13. The Morgan fingerprint density at radius 2 is 2.00 bits per heavy atom. The normalized spacial score (nSPS) is 11.8. The average Bonchev–Trinajstić information content (AvgIpc) is 3.06. The van der Waals surface area contributed by atoms with E-state index in [9.17, 15) is 4.79 Å². The Bertz CT molecular complexity index is 939. The van der Waals surface area contributed by atoms with Crippen molar-refractivity contribution < 1.29 is 14.1 Å². The molecular formula is C19H18ClN3O3. The summed E-state index contributed by atoms with van der Waals surface area (Å²) < 4.78 is 10.8. The van der Waals surface area contributed by atoms with Gasteiger partial charge >= 0.3 is 0 Å². The number of anilines is 1. The maximum atomic E-state index is 12.3. The number of amides is 1. The molecule has 7 heteroatoms. The van der Waals surface area contributed by atoms with Crippen molar-refractivity contribution in [1.82, 2.24) is 10.1 Å². The Morgan fingerprint density at radius 1 is 1.19 bits per heavy atom. The summed E-state index contributed by atoms with van der Waals surface area (Å²) in [5.41, 5.74) is 2.93. The lowest BCUT2D eigenvalue weighted by Gasteiger charge is -2.14. The number of benzene rings is 2. The molecule has 6 nitrogen and oxygen atoms in total. The van der Waals surface area contributed by atoms with Crippen LogP contribution in [0.4, 0.5) is 5.95 Å². The number of aryl methyl sites for hydroxylation is 2. The smallest absolute Gasteiger partial charge is 0.270 e. The predicted molar refractivity (Wildman–Crippen MR) is 99.4 cm³/mol. The van der Waals surface area contributed by atoms with E-state index in [1.165, 1.54) is 0 Å². The number of hydrogen-bond donors (Lipinski definition) is 1. The van der Waals surface area contributed by atoms with Crippen molar-refractivity contribution in [1.29, 1.82) is 0 Å². The lowest BCUT2D eigenvalue weighted by Crippen LogP contribution is -2.30. The summed E-state index contributed by atoms with van der Waals surface area (Å²) in [6.45, 7) is 5.66. The number of halogens is 1. The quantitative estimate of drug-likeness (QED) is 0.718. The Labute approximate surface area is 156 Å². The first-order valence-corrected chi connectivity index (χ1v) is 8.44. The van der Waals surface area contributed by atoms with Crippen LogP contribution in [-0.2, 0) is 4.79 Å². The molecule has 3 aromatic rings. The predicted octanol–water partition coefficient (Wildman–Crippen LogP) is 4.41. The number of carbonyl (C=O) groups excluding carboxylic acids is 1. The van der Waals surface area contributed by atoms with Crippen LogP contribution in [0.5, 0.6) is 5.75 Å². The molecule has 0 aliphatic rings. The Hall–Kier alpha value is -2.86. The molecule has 1 amide bonds. The molecule has 0 aliphatic heterocycles. The van der Waals surface area contributed by atoms with Crippen LogP contribution in [0.25, 0.3) is 11.5 Å². The number of ether oxygens (including phenoxy) is 1. The molecule has 0 spiro atoms. The molecule has 0 saturated carbocycles. The standard InChI is InChI=1S/C19H18ClN3O3/c1-11-7-8-16(9-12(11)2)25-13(3)17(24)21-19-22-18(26-23-19)14-5-4-6-15(20)10-14/h4-10,13H,1-3H3,(H,21,23,24). The molecule has 0 radical (unpaired) electrons. The molecule has 0 bridgehead atoms. The summed E-state index contributed by atoms with van der Waals surface area (Å²) >= 11 is 5.95. The minimum atomic E-state index is -0.717. The Kier molecular flexibility index (Phi) is 5.23. The highest BCUT2D eigenvalue weighted by atomic mass is 35.5. The molecular weight excluding hydrogens is 354 g/mol. The van der Waals surface area contributed by atoms with Crippen molar-refractivity contribution in [2.75, 3.05) is 5.32 Å². The van der Waals surface area contributed by atoms with E-state index in [-0.39, 0.29) is 17.7 Å². The van der Waals surface area contributed by atoms with Gasteiger partial charge in [0.15, 0.2) is 6.10 Å². The van der Waals surface area contributed by atoms with Crippen LogP contribution in [0, 0.1) is 13.8 Å². The second-order valence-electron chi connectivity index (χ2n) is 5.93. The summed E-state index contributed by atoms with van der Waals surface area (Å²) in [6.07, 6.45) is -0.717. The zero-order valence-corrected chi connectivity index (χ0v) is 15.4. The van der Waals surface area contributed by atoms with Crippen LogP contribution in [-0.4, -0.2) is 22.2 Å². The van der Waals surface area contributed by atoms with Gasteiger partial charge in [-0.3, -0.25) is 10.1 Å². The van der Waals surface area contributed by atoms with E-state index < -0.39 is 6.10 Å². The molecule has 1 atom stereocenters. The Balaban J connectivity index is 1.65. The Morgan fingerprint density at radius 3 is 2.73 bits per heavy atom. The first-order chi connectivity index (χ1) is 12.4. The maximum Gasteiger partial charge on any atom is 0.270 e. The summed E-state index contributed by atoms with van der Waals surface area (Å²) in [5, 5.41) is 6.90. The fourth-order valence-electron chi connectivity index (χ4n) is 2.27. The van der Waals surface area contributed by atoms with Crippen molar-refractivity contribution in [3.05, 3.63) is 58.6 Å². The first-order valence-electron chi connectivity index (χ1n) is 8.07. The average molecular weight is 372 g/mol. The van der Waals surface area contributed by atoms with Crippen molar-refractivity contribution in [3.8, 4) is 17.2 Å². The van der Waals surface area contributed by atoms with Gasteiger partial charge in [-0.05, 0) is 67.4 Å².